The van der Waals surface area contributed by atoms with Gasteiger partial charge >= 0.3 is 0 Å². The topological polar surface area (TPSA) is 106 Å². The normalized spacial score (nSPS) is 29.4. The summed E-state index contributed by atoms with van der Waals surface area (Å²) in [7, 11) is 0. The van der Waals surface area contributed by atoms with Crippen molar-refractivity contribution in [3.05, 3.63) is 56.2 Å². The summed E-state index contributed by atoms with van der Waals surface area (Å²) < 4.78 is 6.20. The molecule has 7 rings (SSSR count). The second kappa shape index (κ2) is 8.80. The number of nitro benzene ring substituents is 1. The van der Waals surface area contributed by atoms with Crippen LogP contribution < -0.4 is 5.43 Å². The molecule has 10 heteroatoms. The first-order valence-electron chi connectivity index (χ1n) is 12.6. The van der Waals surface area contributed by atoms with E-state index in [1.54, 1.807) is 25.1 Å². The predicted octanol–water partition coefficient (Wildman–Crippen LogP) is 5.92. The van der Waals surface area contributed by atoms with Gasteiger partial charge in [-0.2, -0.15) is 5.01 Å². The highest BCUT2D eigenvalue weighted by atomic mass is 32.2. The van der Waals surface area contributed by atoms with Gasteiger partial charge in [0.1, 0.15) is 11.5 Å². The van der Waals surface area contributed by atoms with E-state index in [-0.39, 0.29) is 27.2 Å². The highest BCUT2D eigenvalue weighted by Crippen LogP contribution is 2.60. The van der Waals surface area contributed by atoms with Crippen LogP contribution in [0.2, 0.25) is 0 Å². The molecule has 1 saturated heterocycles. The molecular formula is C27H27N3O5S2. The molecule has 8 nitrogen and oxygen atoms in total. The summed E-state index contributed by atoms with van der Waals surface area (Å²) in [5.74, 6) is 2.28. The smallest absolute Gasteiger partial charge is 0.285 e. The quantitative estimate of drug-likeness (QED) is 0.218. The Morgan fingerprint density at radius 1 is 1.19 bits per heavy atom. The Hall–Kier alpha value is -2.98. The number of thioether (sulfide) groups is 1. The fourth-order valence-electron chi connectivity index (χ4n) is 7.06. The first-order chi connectivity index (χ1) is 17.6. The number of nitrogens with one attached hydrogen (secondary N) is 1. The van der Waals surface area contributed by atoms with E-state index in [1.807, 2.05) is 13.0 Å². The molecule has 37 heavy (non-hydrogen) atoms. The van der Waals surface area contributed by atoms with Crippen molar-refractivity contribution in [3.63, 3.8) is 0 Å². The zero-order chi connectivity index (χ0) is 26.1. The first-order valence-corrected chi connectivity index (χ1v) is 13.8. The molecule has 4 bridgehead atoms. The van der Waals surface area contributed by atoms with Gasteiger partial charge in [-0.25, -0.2) is 0 Å². The van der Waals surface area contributed by atoms with Gasteiger partial charge in [0, 0.05) is 23.3 Å². The molecule has 1 aromatic heterocycles. The number of nitro groups is 1. The molecule has 0 spiro atoms. The lowest BCUT2D eigenvalue weighted by Crippen LogP contribution is -2.57. The van der Waals surface area contributed by atoms with Crippen LogP contribution in [0.1, 0.15) is 55.4 Å². The van der Waals surface area contributed by atoms with E-state index in [4.69, 9.17) is 16.6 Å². The third-order valence-corrected chi connectivity index (χ3v) is 9.85. The zero-order valence-corrected chi connectivity index (χ0v) is 22.2. The van der Waals surface area contributed by atoms with Crippen LogP contribution in [0.5, 0.6) is 0 Å². The maximum atomic E-state index is 13.4. The monoisotopic (exact) mass is 537 g/mol. The molecule has 2 aromatic rings. The molecule has 0 unspecified atom stereocenters. The number of furan rings is 1. The molecule has 4 aliphatic carbocycles. The van der Waals surface area contributed by atoms with E-state index in [0.29, 0.717) is 45.3 Å². The van der Waals surface area contributed by atoms with Crippen LogP contribution in [0, 0.1) is 47.1 Å². The molecule has 4 saturated carbocycles. The average Bonchev–Trinajstić information content (AvgIpc) is 3.40. The molecule has 5 aliphatic rings. The number of nitrogens with zero attached hydrogens (tertiary/aromatic N) is 2. The Balaban J connectivity index is 1.19. The van der Waals surface area contributed by atoms with Crippen molar-refractivity contribution in [1.29, 1.82) is 0 Å². The summed E-state index contributed by atoms with van der Waals surface area (Å²) in [4.78, 5) is 38.0. The van der Waals surface area contributed by atoms with E-state index < -0.39 is 4.92 Å². The van der Waals surface area contributed by atoms with Gasteiger partial charge in [-0.05, 0) is 106 Å². The molecule has 0 radical (unpaired) electrons. The summed E-state index contributed by atoms with van der Waals surface area (Å²) >= 11 is 6.55. The minimum atomic E-state index is -0.404. The van der Waals surface area contributed by atoms with Gasteiger partial charge in [0.2, 0.25) is 5.91 Å². The largest absolute Gasteiger partial charge is 0.457 e. The SMILES string of the molecule is Cc1cc(-c2ccc(/C=C3/SC(=S)N(NC(=O)C45CC6CC(CC(C6)C4)C5)C3=O)o2)cc([N+](=O)[O-])c1C. The number of amides is 2. The fraction of sp³-hybridized carbons (Fsp3) is 0.444. The van der Waals surface area contributed by atoms with Gasteiger partial charge in [-0.3, -0.25) is 25.1 Å². The van der Waals surface area contributed by atoms with Crippen LogP contribution in [0.4, 0.5) is 5.69 Å². The van der Waals surface area contributed by atoms with E-state index in [2.05, 4.69) is 5.43 Å². The predicted molar refractivity (Wildman–Crippen MR) is 144 cm³/mol. The summed E-state index contributed by atoms with van der Waals surface area (Å²) in [6, 6.07) is 6.75. The summed E-state index contributed by atoms with van der Waals surface area (Å²) in [6.07, 6.45) is 8.00. The van der Waals surface area contributed by atoms with Crippen LogP contribution in [-0.4, -0.2) is 26.1 Å². The van der Waals surface area contributed by atoms with Gasteiger partial charge in [0.25, 0.3) is 11.6 Å². The molecular weight excluding hydrogens is 510 g/mol. The number of carbonyl (C=O) groups excluding carboxylic acids is 2. The number of rotatable bonds is 5. The average molecular weight is 538 g/mol. The summed E-state index contributed by atoms with van der Waals surface area (Å²) in [5.41, 5.74) is 4.50. The fourth-order valence-corrected chi connectivity index (χ4v) is 8.22. The van der Waals surface area contributed by atoms with E-state index >= 15 is 0 Å². The molecule has 192 valence electrons. The zero-order valence-electron chi connectivity index (χ0n) is 20.6. The minimum Gasteiger partial charge on any atom is -0.457 e. The molecule has 1 N–H and O–H groups in total. The lowest BCUT2D eigenvalue weighted by Gasteiger charge is -2.55. The summed E-state index contributed by atoms with van der Waals surface area (Å²) in [5, 5.41) is 12.6. The van der Waals surface area contributed by atoms with E-state index in [1.165, 1.54) is 30.3 Å². The number of hydrazine groups is 1. The van der Waals surface area contributed by atoms with Crippen molar-refractivity contribution in [1.82, 2.24) is 10.4 Å². The highest BCUT2D eigenvalue weighted by molar-refractivity contribution is 8.26. The number of carbonyl (C=O) groups is 2. The third kappa shape index (κ3) is 4.20. The first kappa shape index (κ1) is 24.4. The second-order valence-corrected chi connectivity index (χ2v) is 12.7. The van der Waals surface area contributed by atoms with Gasteiger partial charge < -0.3 is 4.42 Å². The molecule has 2 heterocycles. The van der Waals surface area contributed by atoms with Crippen LogP contribution in [0.3, 0.4) is 0 Å². The lowest BCUT2D eigenvalue weighted by atomic mass is 9.49. The van der Waals surface area contributed by atoms with Crippen LogP contribution >= 0.6 is 24.0 Å². The van der Waals surface area contributed by atoms with Crippen molar-refractivity contribution in [2.75, 3.05) is 0 Å². The molecule has 5 fully saturated rings. The highest BCUT2D eigenvalue weighted by Gasteiger charge is 2.55. The molecule has 1 aromatic carbocycles. The number of aryl methyl sites for hydroxylation is 1. The van der Waals surface area contributed by atoms with Crippen molar-refractivity contribution in [2.45, 2.75) is 52.4 Å². The van der Waals surface area contributed by atoms with Gasteiger partial charge in [-0.15, -0.1) is 0 Å². The summed E-state index contributed by atoms with van der Waals surface area (Å²) in [6.45, 7) is 3.54. The standard InChI is InChI=1S/C27H27N3O5S2/c1-14-5-19(9-21(15(14)2)30(33)34)22-4-3-20(35-22)10-23-24(31)29(26(36)37-23)28-25(32)27-11-16-6-17(12-27)8-18(7-16)13-27/h3-5,9-10,16-18H,6-8,11-13H2,1-2H3,(H,28,32)/b23-10+. The number of hydrogen-bond acceptors (Lipinski definition) is 7. The number of benzene rings is 1. The van der Waals surface area contributed by atoms with Gasteiger partial charge in [-0.1, -0.05) is 11.8 Å². The number of thiocarbonyl (C=S) groups is 1. The van der Waals surface area contributed by atoms with Crippen molar-refractivity contribution >= 4 is 51.9 Å². The van der Waals surface area contributed by atoms with E-state index in [9.17, 15) is 19.7 Å². The van der Waals surface area contributed by atoms with E-state index in [0.717, 1.165) is 36.6 Å². The second-order valence-electron chi connectivity index (χ2n) is 11.1. The van der Waals surface area contributed by atoms with Crippen molar-refractivity contribution in [2.24, 2.45) is 23.2 Å². The van der Waals surface area contributed by atoms with Crippen LogP contribution in [-0.2, 0) is 9.59 Å². The van der Waals surface area contributed by atoms with Gasteiger partial charge in [0.15, 0.2) is 4.32 Å². The Kier molecular flexibility index (Phi) is 5.80. The molecule has 2 amide bonds. The lowest BCUT2D eigenvalue weighted by molar-refractivity contribution is -0.385. The molecule has 0 atom stereocenters. The third-order valence-electron chi connectivity index (χ3n) is 8.55. The minimum absolute atomic E-state index is 0.0311. The van der Waals surface area contributed by atoms with Crippen molar-refractivity contribution < 1.29 is 18.9 Å². The maximum absolute atomic E-state index is 13.4. The van der Waals surface area contributed by atoms with Crippen LogP contribution in [0.25, 0.3) is 17.4 Å². The Morgan fingerprint density at radius 3 is 2.46 bits per heavy atom. The Labute approximate surface area is 224 Å². The van der Waals surface area contributed by atoms with Gasteiger partial charge in [0.05, 0.1) is 15.2 Å². The molecule has 1 aliphatic heterocycles. The Bertz CT molecular complexity index is 1360. The van der Waals surface area contributed by atoms with Crippen molar-refractivity contribution in [3.8, 4) is 11.3 Å². The number of hydrogen-bond donors (Lipinski definition) is 1. The Morgan fingerprint density at radius 2 is 1.84 bits per heavy atom. The maximum Gasteiger partial charge on any atom is 0.285 e. The van der Waals surface area contributed by atoms with Crippen LogP contribution in [0.15, 0.2) is 33.6 Å².